The molecule has 0 heterocycles. The van der Waals surface area contributed by atoms with Gasteiger partial charge in [-0.05, 0) is 23.6 Å². The monoisotopic (exact) mass is 410 g/mol. The lowest BCUT2D eigenvalue weighted by atomic mass is 9.83. The number of halogens is 2. The molecule has 0 aromatic heterocycles. The molecule has 0 amide bonds. The highest BCUT2D eigenvalue weighted by Crippen LogP contribution is 2.32. The second kappa shape index (κ2) is 8.11. The zero-order chi connectivity index (χ0) is 15.1. The molecule has 0 atom stereocenters. The molecule has 0 saturated heterocycles. The van der Waals surface area contributed by atoms with Crippen molar-refractivity contribution < 1.29 is 4.74 Å². The Morgan fingerprint density at radius 1 is 0.905 bits per heavy atom. The lowest BCUT2D eigenvalue weighted by molar-refractivity contribution is 0.0860. The SMILES string of the molecule is Cc1ccccc1C(CBr)(CBr)COCc1ccccc1. The van der Waals surface area contributed by atoms with Crippen LogP contribution in [0.5, 0.6) is 0 Å². The largest absolute Gasteiger partial charge is 0.376 e. The van der Waals surface area contributed by atoms with Crippen molar-refractivity contribution >= 4 is 31.9 Å². The number of aryl methyl sites for hydroxylation is 1. The maximum absolute atomic E-state index is 6.02. The fourth-order valence-electron chi connectivity index (χ4n) is 2.44. The third kappa shape index (κ3) is 4.18. The van der Waals surface area contributed by atoms with Crippen LogP contribution < -0.4 is 0 Å². The molecule has 0 spiro atoms. The molecule has 0 aliphatic rings. The van der Waals surface area contributed by atoms with Gasteiger partial charge in [0.1, 0.15) is 0 Å². The molecule has 0 fully saturated rings. The summed E-state index contributed by atoms with van der Waals surface area (Å²) in [5.41, 5.74) is 3.81. The summed E-state index contributed by atoms with van der Waals surface area (Å²) in [6.45, 7) is 3.49. The van der Waals surface area contributed by atoms with E-state index in [0.717, 1.165) is 10.7 Å². The summed E-state index contributed by atoms with van der Waals surface area (Å²) in [6.07, 6.45) is 0. The van der Waals surface area contributed by atoms with Crippen molar-refractivity contribution in [1.29, 1.82) is 0 Å². The molecule has 2 aromatic carbocycles. The van der Waals surface area contributed by atoms with E-state index in [1.807, 2.05) is 18.2 Å². The Labute approximate surface area is 144 Å². The predicted octanol–water partition coefficient (Wildman–Crippen LogP) is 5.24. The fourth-order valence-corrected chi connectivity index (χ4v) is 4.30. The summed E-state index contributed by atoms with van der Waals surface area (Å²) in [6, 6.07) is 18.8. The molecule has 0 radical (unpaired) electrons. The van der Waals surface area contributed by atoms with Gasteiger partial charge in [0.05, 0.1) is 13.2 Å². The molecular formula is C18H20Br2O. The van der Waals surface area contributed by atoms with Gasteiger partial charge in [0.15, 0.2) is 0 Å². The average Bonchev–Trinajstić information content (AvgIpc) is 2.54. The summed E-state index contributed by atoms with van der Waals surface area (Å²) >= 11 is 7.36. The van der Waals surface area contributed by atoms with Crippen molar-refractivity contribution in [3.63, 3.8) is 0 Å². The summed E-state index contributed by atoms with van der Waals surface area (Å²) < 4.78 is 6.02. The van der Waals surface area contributed by atoms with E-state index in [1.165, 1.54) is 16.7 Å². The maximum Gasteiger partial charge on any atom is 0.0717 e. The Bertz CT molecular complexity index is 550. The predicted molar refractivity (Wildman–Crippen MR) is 96.5 cm³/mol. The van der Waals surface area contributed by atoms with Crippen LogP contribution in [0, 0.1) is 6.92 Å². The van der Waals surface area contributed by atoms with Crippen LogP contribution in [-0.4, -0.2) is 17.3 Å². The topological polar surface area (TPSA) is 9.23 Å². The van der Waals surface area contributed by atoms with Gasteiger partial charge in [0.2, 0.25) is 0 Å². The van der Waals surface area contributed by atoms with Crippen molar-refractivity contribution in [3.05, 3.63) is 71.3 Å². The van der Waals surface area contributed by atoms with Gasteiger partial charge >= 0.3 is 0 Å². The van der Waals surface area contributed by atoms with Gasteiger partial charge < -0.3 is 4.74 Å². The molecule has 3 heteroatoms. The first-order chi connectivity index (χ1) is 10.2. The van der Waals surface area contributed by atoms with E-state index < -0.39 is 0 Å². The molecular weight excluding hydrogens is 392 g/mol. The average molecular weight is 412 g/mol. The minimum Gasteiger partial charge on any atom is -0.376 e. The molecule has 0 bridgehead atoms. The minimum absolute atomic E-state index is 0.0415. The number of ether oxygens (including phenoxy) is 1. The Kier molecular flexibility index (Phi) is 6.46. The lowest BCUT2D eigenvalue weighted by Crippen LogP contribution is -2.36. The zero-order valence-corrected chi connectivity index (χ0v) is 15.4. The van der Waals surface area contributed by atoms with Crippen molar-refractivity contribution in [1.82, 2.24) is 0 Å². The van der Waals surface area contributed by atoms with E-state index in [9.17, 15) is 0 Å². The maximum atomic E-state index is 6.02. The van der Waals surface area contributed by atoms with Crippen molar-refractivity contribution in [2.24, 2.45) is 0 Å². The molecule has 1 nitrogen and oxygen atoms in total. The number of benzene rings is 2. The Balaban J connectivity index is 2.10. The summed E-state index contributed by atoms with van der Waals surface area (Å²) in [5.74, 6) is 0. The Morgan fingerprint density at radius 3 is 2.14 bits per heavy atom. The van der Waals surface area contributed by atoms with Crippen molar-refractivity contribution in [2.75, 3.05) is 17.3 Å². The first-order valence-corrected chi connectivity index (χ1v) is 9.26. The third-order valence-corrected chi connectivity index (χ3v) is 5.86. The molecule has 0 N–H and O–H groups in total. The summed E-state index contributed by atoms with van der Waals surface area (Å²) in [7, 11) is 0. The van der Waals surface area contributed by atoms with E-state index in [2.05, 4.69) is 75.2 Å². The van der Waals surface area contributed by atoms with Crippen LogP contribution in [0.3, 0.4) is 0 Å². The molecule has 0 unspecified atom stereocenters. The normalized spacial score (nSPS) is 11.6. The highest BCUT2D eigenvalue weighted by atomic mass is 79.9. The number of hydrogen-bond acceptors (Lipinski definition) is 1. The zero-order valence-electron chi connectivity index (χ0n) is 12.2. The molecule has 2 rings (SSSR count). The van der Waals surface area contributed by atoms with Crippen LogP contribution in [-0.2, 0) is 16.8 Å². The highest BCUT2D eigenvalue weighted by molar-refractivity contribution is 9.09. The highest BCUT2D eigenvalue weighted by Gasteiger charge is 2.31. The number of rotatable bonds is 7. The van der Waals surface area contributed by atoms with Crippen molar-refractivity contribution in [2.45, 2.75) is 18.9 Å². The molecule has 112 valence electrons. The molecule has 21 heavy (non-hydrogen) atoms. The van der Waals surface area contributed by atoms with Gasteiger partial charge in [0, 0.05) is 16.1 Å². The molecule has 0 aliphatic heterocycles. The van der Waals surface area contributed by atoms with Gasteiger partial charge in [-0.2, -0.15) is 0 Å². The second-order valence-corrected chi connectivity index (χ2v) is 6.46. The molecule has 0 saturated carbocycles. The first-order valence-electron chi connectivity index (χ1n) is 7.01. The van der Waals surface area contributed by atoms with Crippen LogP contribution in [0.1, 0.15) is 16.7 Å². The number of alkyl halides is 2. The van der Waals surface area contributed by atoms with E-state index in [-0.39, 0.29) is 5.41 Å². The van der Waals surface area contributed by atoms with Crippen LogP contribution in [0.4, 0.5) is 0 Å². The summed E-state index contributed by atoms with van der Waals surface area (Å²) in [4.78, 5) is 0. The van der Waals surface area contributed by atoms with Crippen LogP contribution in [0.15, 0.2) is 54.6 Å². The van der Waals surface area contributed by atoms with E-state index in [0.29, 0.717) is 13.2 Å². The Hall–Kier alpha value is -0.640. The van der Waals surface area contributed by atoms with E-state index in [4.69, 9.17) is 4.74 Å². The quantitative estimate of drug-likeness (QED) is 0.566. The van der Waals surface area contributed by atoms with Gasteiger partial charge in [-0.1, -0.05) is 86.5 Å². The standard InChI is InChI=1S/C18H20Br2O/c1-15-7-5-6-10-17(15)18(12-19,13-20)14-21-11-16-8-3-2-4-9-16/h2-10H,11-14H2,1H3. The molecule has 2 aromatic rings. The third-order valence-electron chi connectivity index (χ3n) is 3.72. The van der Waals surface area contributed by atoms with Crippen LogP contribution in [0.25, 0.3) is 0 Å². The smallest absolute Gasteiger partial charge is 0.0717 e. The van der Waals surface area contributed by atoms with E-state index >= 15 is 0 Å². The minimum atomic E-state index is -0.0415. The summed E-state index contributed by atoms with van der Waals surface area (Å²) in [5, 5.41) is 1.73. The Morgan fingerprint density at radius 2 is 1.52 bits per heavy atom. The lowest BCUT2D eigenvalue weighted by Gasteiger charge is -2.32. The van der Waals surface area contributed by atoms with Gasteiger partial charge in [-0.15, -0.1) is 0 Å². The number of hydrogen-bond donors (Lipinski definition) is 0. The second-order valence-electron chi connectivity index (χ2n) is 5.34. The first kappa shape index (κ1) is 16.7. The van der Waals surface area contributed by atoms with Gasteiger partial charge in [0.25, 0.3) is 0 Å². The van der Waals surface area contributed by atoms with Gasteiger partial charge in [-0.3, -0.25) is 0 Å². The van der Waals surface area contributed by atoms with Gasteiger partial charge in [-0.25, -0.2) is 0 Å². The van der Waals surface area contributed by atoms with Crippen LogP contribution in [0.2, 0.25) is 0 Å². The van der Waals surface area contributed by atoms with E-state index in [1.54, 1.807) is 0 Å². The van der Waals surface area contributed by atoms with Crippen LogP contribution >= 0.6 is 31.9 Å². The fraction of sp³-hybridized carbons (Fsp3) is 0.333. The molecule has 0 aliphatic carbocycles. The van der Waals surface area contributed by atoms with Crippen molar-refractivity contribution in [3.8, 4) is 0 Å².